The molecule has 1 aromatic rings. The summed E-state index contributed by atoms with van der Waals surface area (Å²) in [4.78, 5) is 4.06. The first-order valence-corrected chi connectivity index (χ1v) is 5.99. The van der Waals surface area contributed by atoms with Crippen molar-refractivity contribution < 1.29 is 0 Å². The Morgan fingerprint density at radius 2 is 2.31 bits per heavy atom. The summed E-state index contributed by atoms with van der Waals surface area (Å²) < 4.78 is 0. The molecule has 1 atom stereocenters. The highest BCUT2D eigenvalue weighted by Gasteiger charge is 2.19. The molecule has 13 heavy (non-hydrogen) atoms. The Hall–Kier alpha value is -0.340. The summed E-state index contributed by atoms with van der Waals surface area (Å²) in [7, 11) is 2.26. The average molecular weight is 195 g/mol. The third-order valence-electron chi connectivity index (χ3n) is 2.89. The number of thiophene rings is 1. The van der Waals surface area contributed by atoms with Crippen LogP contribution >= 0.6 is 11.3 Å². The van der Waals surface area contributed by atoms with Gasteiger partial charge in [0.2, 0.25) is 0 Å². The van der Waals surface area contributed by atoms with Crippen LogP contribution in [0, 0.1) is 0 Å². The Labute approximate surface area is 84.4 Å². The van der Waals surface area contributed by atoms with E-state index >= 15 is 0 Å². The van der Waals surface area contributed by atoms with Crippen molar-refractivity contribution in [2.75, 3.05) is 13.6 Å². The van der Waals surface area contributed by atoms with Gasteiger partial charge in [-0.25, -0.2) is 0 Å². The van der Waals surface area contributed by atoms with Crippen LogP contribution in [-0.4, -0.2) is 18.5 Å². The van der Waals surface area contributed by atoms with E-state index in [1.807, 2.05) is 11.3 Å². The van der Waals surface area contributed by atoms with Gasteiger partial charge in [-0.3, -0.25) is 4.90 Å². The standard InChI is InChI=1S/C11H17NS/c1-12-8-4-2-3-6-10(12)11-7-5-9-13-11/h5,7,9-10H,2-4,6,8H2,1H3. The van der Waals surface area contributed by atoms with E-state index in [1.54, 1.807) is 4.88 Å². The van der Waals surface area contributed by atoms with Gasteiger partial charge in [0.1, 0.15) is 0 Å². The van der Waals surface area contributed by atoms with Gasteiger partial charge in [-0.05, 0) is 37.9 Å². The lowest BCUT2D eigenvalue weighted by Crippen LogP contribution is -2.23. The molecule has 1 aliphatic heterocycles. The number of nitrogens with zero attached hydrogens (tertiary/aromatic N) is 1. The summed E-state index contributed by atoms with van der Waals surface area (Å²) >= 11 is 1.90. The molecule has 1 nitrogen and oxygen atoms in total. The Kier molecular flexibility index (Phi) is 3.01. The molecule has 2 heteroatoms. The fourth-order valence-electron chi connectivity index (χ4n) is 2.09. The van der Waals surface area contributed by atoms with Crippen molar-refractivity contribution in [3.63, 3.8) is 0 Å². The molecule has 0 bridgehead atoms. The second kappa shape index (κ2) is 4.25. The fourth-order valence-corrected chi connectivity index (χ4v) is 3.02. The lowest BCUT2D eigenvalue weighted by molar-refractivity contribution is 0.254. The van der Waals surface area contributed by atoms with Crippen molar-refractivity contribution in [2.24, 2.45) is 0 Å². The van der Waals surface area contributed by atoms with Crippen molar-refractivity contribution in [1.29, 1.82) is 0 Å². The zero-order valence-corrected chi connectivity index (χ0v) is 9.02. The van der Waals surface area contributed by atoms with Crippen LogP contribution < -0.4 is 0 Å². The van der Waals surface area contributed by atoms with Gasteiger partial charge in [-0.1, -0.05) is 18.9 Å². The predicted octanol–water partition coefficient (Wildman–Crippen LogP) is 3.30. The lowest BCUT2D eigenvalue weighted by Gasteiger charge is -2.24. The van der Waals surface area contributed by atoms with Crippen LogP contribution in [-0.2, 0) is 0 Å². The van der Waals surface area contributed by atoms with Gasteiger partial charge in [0.15, 0.2) is 0 Å². The van der Waals surface area contributed by atoms with Crippen molar-refractivity contribution in [1.82, 2.24) is 4.90 Å². The molecule has 2 heterocycles. The van der Waals surface area contributed by atoms with E-state index in [-0.39, 0.29) is 0 Å². The van der Waals surface area contributed by atoms with E-state index in [0.29, 0.717) is 6.04 Å². The first kappa shape index (κ1) is 9.22. The zero-order chi connectivity index (χ0) is 9.10. The summed E-state index contributed by atoms with van der Waals surface area (Å²) in [5, 5.41) is 2.19. The van der Waals surface area contributed by atoms with E-state index in [9.17, 15) is 0 Å². The molecule has 1 aliphatic rings. The van der Waals surface area contributed by atoms with Crippen molar-refractivity contribution in [3.05, 3.63) is 22.4 Å². The summed E-state index contributed by atoms with van der Waals surface area (Å²) in [5.74, 6) is 0. The summed E-state index contributed by atoms with van der Waals surface area (Å²) in [5.41, 5.74) is 0. The highest BCUT2D eigenvalue weighted by Crippen LogP contribution is 2.31. The van der Waals surface area contributed by atoms with E-state index < -0.39 is 0 Å². The van der Waals surface area contributed by atoms with Gasteiger partial charge < -0.3 is 0 Å². The van der Waals surface area contributed by atoms with Crippen LogP contribution in [0.2, 0.25) is 0 Å². The largest absolute Gasteiger partial charge is 0.299 e. The van der Waals surface area contributed by atoms with Crippen molar-refractivity contribution in [3.8, 4) is 0 Å². The zero-order valence-electron chi connectivity index (χ0n) is 8.20. The molecule has 0 aromatic carbocycles. The van der Waals surface area contributed by atoms with Crippen LogP contribution in [0.1, 0.15) is 36.6 Å². The quantitative estimate of drug-likeness (QED) is 0.664. The minimum atomic E-state index is 0.697. The van der Waals surface area contributed by atoms with Gasteiger partial charge in [-0.15, -0.1) is 11.3 Å². The molecule has 1 saturated heterocycles. The SMILES string of the molecule is CN1CCCCCC1c1cccs1. The topological polar surface area (TPSA) is 3.24 Å². The molecule has 0 spiro atoms. The minimum Gasteiger partial charge on any atom is -0.299 e. The molecule has 0 aliphatic carbocycles. The highest BCUT2D eigenvalue weighted by atomic mass is 32.1. The maximum Gasteiger partial charge on any atom is 0.0438 e. The van der Waals surface area contributed by atoms with Crippen LogP contribution in [0.4, 0.5) is 0 Å². The number of hydrogen-bond acceptors (Lipinski definition) is 2. The van der Waals surface area contributed by atoms with Crippen LogP contribution in [0.15, 0.2) is 17.5 Å². The van der Waals surface area contributed by atoms with E-state index in [1.165, 1.54) is 32.2 Å². The third-order valence-corrected chi connectivity index (χ3v) is 3.87. The Morgan fingerprint density at radius 3 is 3.08 bits per heavy atom. The van der Waals surface area contributed by atoms with Gasteiger partial charge >= 0.3 is 0 Å². The smallest absolute Gasteiger partial charge is 0.0438 e. The Morgan fingerprint density at radius 1 is 1.38 bits per heavy atom. The lowest BCUT2D eigenvalue weighted by atomic mass is 10.1. The van der Waals surface area contributed by atoms with Crippen LogP contribution in [0.25, 0.3) is 0 Å². The minimum absolute atomic E-state index is 0.697. The fraction of sp³-hybridized carbons (Fsp3) is 0.636. The molecule has 1 unspecified atom stereocenters. The summed E-state index contributed by atoms with van der Waals surface area (Å²) in [6.07, 6.45) is 5.52. The first-order valence-electron chi connectivity index (χ1n) is 5.11. The van der Waals surface area contributed by atoms with Crippen molar-refractivity contribution in [2.45, 2.75) is 31.7 Å². The third kappa shape index (κ3) is 2.12. The van der Waals surface area contributed by atoms with E-state index in [4.69, 9.17) is 0 Å². The molecule has 72 valence electrons. The molecule has 0 radical (unpaired) electrons. The second-order valence-corrected chi connectivity index (χ2v) is 4.84. The maximum absolute atomic E-state index is 2.51. The molecule has 1 fully saturated rings. The predicted molar refractivity (Wildman–Crippen MR) is 58.2 cm³/mol. The van der Waals surface area contributed by atoms with Gasteiger partial charge in [0.05, 0.1) is 0 Å². The number of hydrogen-bond donors (Lipinski definition) is 0. The highest BCUT2D eigenvalue weighted by molar-refractivity contribution is 7.10. The average Bonchev–Trinajstić information content (AvgIpc) is 2.56. The van der Waals surface area contributed by atoms with Gasteiger partial charge in [0.25, 0.3) is 0 Å². The summed E-state index contributed by atoms with van der Waals surface area (Å²) in [6.45, 7) is 1.27. The molecule has 0 saturated carbocycles. The molecular formula is C11H17NS. The van der Waals surface area contributed by atoms with Crippen LogP contribution in [0.5, 0.6) is 0 Å². The van der Waals surface area contributed by atoms with E-state index in [0.717, 1.165) is 0 Å². The molecular weight excluding hydrogens is 178 g/mol. The molecule has 2 rings (SSSR count). The normalized spacial score (nSPS) is 25.8. The number of rotatable bonds is 1. The maximum atomic E-state index is 2.51. The molecule has 1 aromatic heterocycles. The van der Waals surface area contributed by atoms with E-state index in [2.05, 4.69) is 29.5 Å². The molecule has 0 N–H and O–H groups in total. The van der Waals surface area contributed by atoms with Crippen molar-refractivity contribution >= 4 is 11.3 Å². The first-order chi connectivity index (χ1) is 6.38. The summed E-state index contributed by atoms with van der Waals surface area (Å²) in [6, 6.07) is 5.14. The monoisotopic (exact) mass is 195 g/mol. The van der Waals surface area contributed by atoms with Gasteiger partial charge in [0, 0.05) is 10.9 Å². The number of likely N-dealkylation sites (tertiary alicyclic amines) is 1. The van der Waals surface area contributed by atoms with Crippen LogP contribution in [0.3, 0.4) is 0 Å². The Bertz CT molecular complexity index is 243. The Balaban J connectivity index is 2.11. The van der Waals surface area contributed by atoms with Gasteiger partial charge in [-0.2, -0.15) is 0 Å². The molecule has 0 amide bonds. The second-order valence-electron chi connectivity index (χ2n) is 3.86.